The number of aliphatic hydroxyl groups is 1. The van der Waals surface area contributed by atoms with E-state index in [1.54, 1.807) is 7.11 Å². The van der Waals surface area contributed by atoms with Crippen LogP contribution in [-0.4, -0.2) is 62.3 Å². The van der Waals surface area contributed by atoms with Crippen molar-refractivity contribution < 1.29 is 24.5 Å². The van der Waals surface area contributed by atoms with Crippen LogP contribution in [0.1, 0.15) is 0 Å². The van der Waals surface area contributed by atoms with Crippen molar-refractivity contribution >= 4 is 5.97 Å². The summed E-state index contributed by atoms with van der Waals surface area (Å²) in [6.07, 6.45) is -0.689. The van der Waals surface area contributed by atoms with E-state index in [0.29, 0.717) is 13.2 Å². The molecule has 1 unspecified atom stereocenters. The van der Waals surface area contributed by atoms with Crippen molar-refractivity contribution in [3.63, 3.8) is 0 Å². The molecule has 0 spiro atoms. The van der Waals surface area contributed by atoms with E-state index in [1.807, 2.05) is 0 Å². The normalized spacial score (nSPS) is 12.7. The highest BCUT2D eigenvalue weighted by atomic mass is 16.5. The topological polar surface area (TPSA) is 88.0 Å². The highest BCUT2D eigenvalue weighted by Gasteiger charge is 2.04. The Balaban J connectivity index is 3.19. The van der Waals surface area contributed by atoms with Crippen molar-refractivity contribution in [1.29, 1.82) is 0 Å². The third-order valence-corrected chi connectivity index (χ3v) is 1.40. The number of nitrogens with one attached hydrogen (secondary N) is 1. The number of aliphatic carboxylic acids is 1. The Bertz CT molecular complexity index is 153. The summed E-state index contributed by atoms with van der Waals surface area (Å²) in [5.41, 5.74) is 0. The van der Waals surface area contributed by atoms with Crippen LogP contribution in [0, 0.1) is 0 Å². The zero-order valence-corrected chi connectivity index (χ0v) is 8.23. The summed E-state index contributed by atoms with van der Waals surface area (Å²) in [5.74, 6) is -0.947. The van der Waals surface area contributed by atoms with E-state index in [0.717, 1.165) is 0 Å². The van der Waals surface area contributed by atoms with Crippen molar-refractivity contribution in [2.24, 2.45) is 0 Å². The summed E-state index contributed by atoms with van der Waals surface area (Å²) < 4.78 is 9.77. The highest BCUT2D eigenvalue weighted by Crippen LogP contribution is 1.84. The molecule has 0 rings (SSSR count). The van der Waals surface area contributed by atoms with E-state index in [1.165, 1.54) is 0 Å². The number of ether oxygens (including phenoxy) is 2. The van der Waals surface area contributed by atoms with Crippen LogP contribution in [0.25, 0.3) is 0 Å². The molecule has 0 amide bonds. The van der Waals surface area contributed by atoms with Gasteiger partial charge >= 0.3 is 5.97 Å². The fourth-order valence-electron chi connectivity index (χ4n) is 0.766. The molecule has 0 aliphatic carbocycles. The second-order valence-electron chi connectivity index (χ2n) is 2.75. The van der Waals surface area contributed by atoms with Crippen molar-refractivity contribution in [2.75, 3.05) is 40.0 Å². The maximum atomic E-state index is 10.1. The first-order valence-electron chi connectivity index (χ1n) is 4.34. The summed E-state index contributed by atoms with van der Waals surface area (Å²) in [7, 11) is 1.56. The predicted octanol–water partition coefficient (Wildman–Crippen LogP) is -1.32. The van der Waals surface area contributed by atoms with Gasteiger partial charge in [-0.3, -0.25) is 4.79 Å². The lowest BCUT2D eigenvalue weighted by Gasteiger charge is -2.10. The Morgan fingerprint density at radius 3 is 2.79 bits per heavy atom. The van der Waals surface area contributed by atoms with Gasteiger partial charge in [0.15, 0.2) is 0 Å². The maximum Gasteiger partial charge on any atom is 0.317 e. The molecule has 0 radical (unpaired) electrons. The minimum atomic E-state index is -0.947. The van der Waals surface area contributed by atoms with E-state index in [4.69, 9.17) is 14.6 Å². The second-order valence-corrected chi connectivity index (χ2v) is 2.75. The van der Waals surface area contributed by atoms with Crippen LogP contribution < -0.4 is 5.32 Å². The molecule has 0 aliphatic heterocycles. The average Bonchev–Trinajstić information content (AvgIpc) is 2.12. The number of carboxylic acids is 1. The molecule has 1 atom stereocenters. The number of hydrogen-bond donors (Lipinski definition) is 3. The molecule has 0 aromatic carbocycles. The number of carboxylic acid groups (broad SMARTS) is 1. The summed E-state index contributed by atoms with van der Waals surface area (Å²) >= 11 is 0. The van der Waals surface area contributed by atoms with Gasteiger partial charge in [0.1, 0.15) is 0 Å². The molecule has 0 bridgehead atoms. The first kappa shape index (κ1) is 13.3. The zero-order chi connectivity index (χ0) is 10.8. The molecular formula is C8H17NO5. The Hall–Kier alpha value is -0.690. The summed E-state index contributed by atoms with van der Waals surface area (Å²) in [6.45, 7) is 1.13. The van der Waals surface area contributed by atoms with Crippen molar-refractivity contribution in [2.45, 2.75) is 6.10 Å². The van der Waals surface area contributed by atoms with Gasteiger partial charge in [-0.15, -0.1) is 0 Å². The number of aliphatic hydroxyl groups excluding tert-OH is 1. The Labute approximate surface area is 82.8 Å². The van der Waals surface area contributed by atoms with Gasteiger partial charge in [-0.1, -0.05) is 0 Å². The summed E-state index contributed by atoms with van der Waals surface area (Å²) in [4.78, 5) is 10.1. The molecule has 0 aromatic heterocycles. The van der Waals surface area contributed by atoms with Crippen LogP contribution in [-0.2, 0) is 14.3 Å². The number of rotatable bonds is 9. The van der Waals surface area contributed by atoms with Gasteiger partial charge in [0.05, 0.1) is 32.5 Å². The minimum absolute atomic E-state index is 0.158. The van der Waals surface area contributed by atoms with Crippen LogP contribution in [0.15, 0.2) is 0 Å². The van der Waals surface area contributed by atoms with E-state index >= 15 is 0 Å². The fraction of sp³-hybridized carbons (Fsp3) is 0.875. The van der Waals surface area contributed by atoms with Gasteiger partial charge in [0.2, 0.25) is 0 Å². The van der Waals surface area contributed by atoms with Gasteiger partial charge in [-0.25, -0.2) is 0 Å². The second kappa shape index (κ2) is 8.89. The largest absolute Gasteiger partial charge is 0.480 e. The Morgan fingerprint density at radius 1 is 1.50 bits per heavy atom. The monoisotopic (exact) mass is 207 g/mol. The average molecular weight is 207 g/mol. The highest BCUT2D eigenvalue weighted by molar-refractivity contribution is 5.68. The molecule has 0 saturated carbocycles. The Kier molecular flexibility index (Phi) is 8.45. The van der Waals surface area contributed by atoms with Gasteiger partial charge in [-0.2, -0.15) is 0 Å². The van der Waals surface area contributed by atoms with Crippen LogP contribution in [0.4, 0.5) is 0 Å². The molecular weight excluding hydrogens is 190 g/mol. The molecule has 6 heteroatoms. The van der Waals surface area contributed by atoms with Crippen LogP contribution in [0.3, 0.4) is 0 Å². The van der Waals surface area contributed by atoms with Crippen molar-refractivity contribution in [3.8, 4) is 0 Å². The summed E-state index contributed by atoms with van der Waals surface area (Å²) in [6, 6.07) is 0. The molecule has 14 heavy (non-hydrogen) atoms. The SMILES string of the molecule is COCCOCC(O)CNCC(=O)O. The quantitative estimate of drug-likeness (QED) is 0.407. The van der Waals surface area contributed by atoms with Crippen LogP contribution >= 0.6 is 0 Å². The molecule has 0 heterocycles. The molecule has 0 saturated heterocycles. The third-order valence-electron chi connectivity index (χ3n) is 1.40. The van der Waals surface area contributed by atoms with Crippen LogP contribution in [0.5, 0.6) is 0 Å². The van der Waals surface area contributed by atoms with Gasteiger partial charge < -0.3 is 25.0 Å². The number of hydrogen-bond acceptors (Lipinski definition) is 5. The van der Waals surface area contributed by atoms with Crippen molar-refractivity contribution in [1.82, 2.24) is 5.32 Å². The van der Waals surface area contributed by atoms with E-state index in [-0.39, 0.29) is 19.7 Å². The molecule has 0 aromatic rings. The molecule has 0 fully saturated rings. The Morgan fingerprint density at radius 2 is 2.21 bits per heavy atom. The smallest absolute Gasteiger partial charge is 0.317 e. The predicted molar refractivity (Wildman–Crippen MR) is 49.2 cm³/mol. The van der Waals surface area contributed by atoms with Crippen molar-refractivity contribution in [3.05, 3.63) is 0 Å². The maximum absolute atomic E-state index is 10.1. The van der Waals surface area contributed by atoms with E-state index in [9.17, 15) is 9.90 Å². The lowest BCUT2D eigenvalue weighted by Crippen LogP contribution is -2.33. The first-order chi connectivity index (χ1) is 6.66. The van der Waals surface area contributed by atoms with Gasteiger partial charge in [-0.05, 0) is 0 Å². The standard InChI is InChI=1S/C8H17NO5/c1-13-2-3-14-6-7(10)4-9-5-8(11)12/h7,9-10H,2-6H2,1H3,(H,11,12). The summed E-state index contributed by atoms with van der Waals surface area (Å²) in [5, 5.41) is 20.1. The molecule has 3 N–H and O–H groups in total. The fourth-order valence-corrected chi connectivity index (χ4v) is 0.766. The van der Waals surface area contributed by atoms with E-state index < -0.39 is 12.1 Å². The lowest BCUT2D eigenvalue weighted by atomic mass is 10.4. The van der Waals surface area contributed by atoms with Crippen LogP contribution in [0.2, 0.25) is 0 Å². The molecule has 6 nitrogen and oxygen atoms in total. The van der Waals surface area contributed by atoms with E-state index in [2.05, 4.69) is 5.32 Å². The molecule has 0 aliphatic rings. The number of methoxy groups -OCH3 is 1. The van der Waals surface area contributed by atoms with Gasteiger partial charge in [0, 0.05) is 13.7 Å². The third kappa shape index (κ3) is 9.40. The zero-order valence-electron chi connectivity index (χ0n) is 8.23. The number of carbonyl (C=O) groups is 1. The minimum Gasteiger partial charge on any atom is -0.480 e. The van der Waals surface area contributed by atoms with Gasteiger partial charge in [0.25, 0.3) is 0 Å². The first-order valence-corrected chi connectivity index (χ1v) is 4.34. The molecule has 84 valence electrons. The lowest BCUT2D eigenvalue weighted by molar-refractivity contribution is -0.136.